The zero-order valence-electron chi connectivity index (χ0n) is 20.0. The monoisotopic (exact) mass is 487 g/mol. The van der Waals surface area contributed by atoms with Gasteiger partial charge in [-0.05, 0) is 51.2 Å². The van der Waals surface area contributed by atoms with Gasteiger partial charge >= 0.3 is 0 Å². The molecule has 184 valence electrons. The number of fused-ring (bicyclic) bond motifs is 1. The van der Waals surface area contributed by atoms with E-state index >= 15 is 0 Å². The number of aliphatic hydroxyl groups is 2. The van der Waals surface area contributed by atoms with Gasteiger partial charge in [-0.3, -0.25) is 9.88 Å². The van der Waals surface area contributed by atoms with E-state index in [0.717, 1.165) is 5.69 Å². The fourth-order valence-electron chi connectivity index (χ4n) is 3.85. The molecule has 9 heteroatoms. The molecule has 2 N–H and O–H groups in total. The summed E-state index contributed by atoms with van der Waals surface area (Å²) in [6.07, 6.45) is 0.625. The number of ether oxygens (including phenoxy) is 1. The lowest BCUT2D eigenvalue weighted by atomic mass is 10.0. The van der Waals surface area contributed by atoms with E-state index in [2.05, 4.69) is 21.7 Å². The largest absolute Gasteiger partial charge is 0.487 e. The molecule has 1 aromatic carbocycles. The second-order valence-electron chi connectivity index (χ2n) is 8.86. The van der Waals surface area contributed by atoms with Crippen molar-refractivity contribution in [3.05, 3.63) is 53.9 Å². The number of sulfonamides is 1. The fourth-order valence-corrected chi connectivity index (χ4v) is 5.67. The zero-order chi connectivity index (χ0) is 24.9. The van der Waals surface area contributed by atoms with Crippen LogP contribution in [0.2, 0.25) is 0 Å². The highest BCUT2D eigenvalue weighted by Crippen LogP contribution is 2.34. The Hall–Kier alpha value is -2.48. The molecule has 0 saturated carbocycles. The molecule has 1 aliphatic rings. The van der Waals surface area contributed by atoms with E-state index in [-0.39, 0.29) is 35.8 Å². The van der Waals surface area contributed by atoms with E-state index < -0.39 is 22.2 Å². The van der Waals surface area contributed by atoms with Crippen LogP contribution < -0.4 is 4.74 Å². The van der Waals surface area contributed by atoms with Crippen LogP contribution >= 0.6 is 0 Å². The Kier molecular flexibility index (Phi) is 8.68. The number of hydrogen-bond acceptors (Lipinski definition) is 7. The van der Waals surface area contributed by atoms with Gasteiger partial charge in [-0.15, -0.1) is 0 Å². The Morgan fingerprint density at radius 1 is 1.29 bits per heavy atom. The number of benzene rings is 1. The molecule has 4 atom stereocenters. The third kappa shape index (κ3) is 6.34. The number of likely N-dealkylation sites (N-methyl/N-ethyl adjacent to an activating group) is 1. The number of nitrogens with zero attached hydrogens (tertiary/aromatic N) is 3. The molecule has 2 heterocycles. The molecular weight excluding hydrogens is 454 g/mol. The van der Waals surface area contributed by atoms with Gasteiger partial charge in [0.1, 0.15) is 22.9 Å². The van der Waals surface area contributed by atoms with Crippen molar-refractivity contribution in [1.82, 2.24) is 14.2 Å². The van der Waals surface area contributed by atoms with Gasteiger partial charge in [-0.2, -0.15) is 4.31 Å². The SMILES string of the molecule is C[C@@H](O)C#Cc1ccc2c(c1)O[C@@H](CN(C)Cc1ccccn1)[C@@H](C)CN([C@@H](C)CO)S2(=O)=O. The molecule has 0 radical (unpaired) electrons. The summed E-state index contributed by atoms with van der Waals surface area (Å²) in [6, 6.07) is 9.88. The summed E-state index contributed by atoms with van der Waals surface area (Å²) >= 11 is 0. The number of aliphatic hydroxyl groups excluding tert-OH is 2. The predicted molar refractivity (Wildman–Crippen MR) is 130 cm³/mol. The summed E-state index contributed by atoms with van der Waals surface area (Å²) < 4.78 is 34.7. The van der Waals surface area contributed by atoms with Crippen LogP contribution in [0.15, 0.2) is 47.5 Å². The molecule has 34 heavy (non-hydrogen) atoms. The second kappa shape index (κ2) is 11.3. The number of hydrogen-bond donors (Lipinski definition) is 2. The first kappa shape index (κ1) is 26.1. The molecule has 3 rings (SSSR count). The standard InChI is InChI=1S/C25H33N3O5S/c1-18-14-28(19(2)17-29)34(31,32)25-11-10-21(9-8-20(3)30)13-23(25)33-24(18)16-27(4)15-22-7-5-6-12-26-22/h5-7,10-13,18-20,24,29-30H,14-17H2,1-4H3/t18-,19-,20+,24-/m0/s1. The molecule has 0 spiro atoms. The minimum absolute atomic E-state index is 0.0414. The van der Waals surface area contributed by atoms with Gasteiger partial charge < -0.3 is 14.9 Å². The maximum atomic E-state index is 13.5. The minimum atomic E-state index is -3.91. The van der Waals surface area contributed by atoms with Crippen molar-refractivity contribution >= 4 is 10.0 Å². The van der Waals surface area contributed by atoms with E-state index in [1.165, 1.54) is 10.4 Å². The van der Waals surface area contributed by atoms with Crippen LogP contribution in [-0.2, 0) is 16.6 Å². The van der Waals surface area contributed by atoms with E-state index in [1.54, 1.807) is 32.2 Å². The quantitative estimate of drug-likeness (QED) is 0.598. The molecule has 0 unspecified atom stereocenters. The summed E-state index contributed by atoms with van der Waals surface area (Å²) in [7, 11) is -1.94. The lowest BCUT2D eigenvalue weighted by Gasteiger charge is -2.37. The van der Waals surface area contributed by atoms with Crippen LogP contribution in [0.3, 0.4) is 0 Å². The minimum Gasteiger partial charge on any atom is -0.487 e. The summed E-state index contributed by atoms with van der Waals surface area (Å²) in [5, 5.41) is 19.3. The van der Waals surface area contributed by atoms with Crippen molar-refractivity contribution in [2.45, 2.75) is 50.5 Å². The normalized spacial score (nSPS) is 21.9. The molecule has 0 fully saturated rings. The van der Waals surface area contributed by atoms with Crippen LogP contribution in [0.4, 0.5) is 0 Å². The Bertz CT molecular complexity index is 1130. The Balaban J connectivity index is 1.99. The number of aromatic nitrogens is 1. The molecule has 0 bridgehead atoms. The van der Waals surface area contributed by atoms with Crippen molar-refractivity contribution in [3.8, 4) is 17.6 Å². The Morgan fingerprint density at radius 3 is 2.71 bits per heavy atom. The van der Waals surface area contributed by atoms with Crippen molar-refractivity contribution in [2.24, 2.45) is 5.92 Å². The van der Waals surface area contributed by atoms with Crippen molar-refractivity contribution in [2.75, 3.05) is 26.7 Å². The first-order valence-electron chi connectivity index (χ1n) is 11.3. The highest BCUT2D eigenvalue weighted by Gasteiger charge is 2.38. The second-order valence-corrected chi connectivity index (χ2v) is 10.7. The van der Waals surface area contributed by atoms with Crippen molar-refractivity contribution in [1.29, 1.82) is 0 Å². The molecule has 0 saturated heterocycles. The maximum Gasteiger partial charge on any atom is 0.247 e. The molecule has 0 aliphatic carbocycles. The van der Waals surface area contributed by atoms with E-state index in [1.807, 2.05) is 32.2 Å². The van der Waals surface area contributed by atoms with Gasteiger partial charge in [0.05, 0.1) is 12.3 Å². The van der Waals surface area contributed by atoms with E-state index in [0.29, 0.717) is 18.7 Å². The molecule has 1 aliphatic heterocycles. The average molecular weight is 488 g/mol. The fraction of sp³-hybridized carbons (Fsp3) is 0.480. The summed E-state index contributed by atoms with van der Waals surface area (Å²) in [5.41, 5.74) is 1.48. The topological polar surface area (TPSA) is 103 Å². The smallest absolute Gasteiger partial charge is 0.247 e. The third-order valence-electron chi connectivity index (χ3n) is 5.74. The van der Waals surface area contributed by atoms with Gasteiger partial charge in [0.25, 0.3) is 0 Å². The average Bonchev–Trinajstić information content (AvgIpc) is 2.80. The van der Waals surface area contributed by atoms with Crippen LogP contribution in [0, 0.1) is 17.8 Å². The Labute approximate surface area is 202 Å². The highest BCUT2D eigenvalue weighted by atomic mass is 32.2. The van der Waals surface area contributed by atoms with Crippen LogP contribution in [0.5, 0.6) is 5.75 Å². The van der Waals surface area contributed by atoms with Gasteiger partial charge in [0, 0.05) is 43.4 Å². The summed E-state index contributed by atoms with van der Waals surface area (Å²) in [4.78, 5) is 6.51. The van der Waals surface area contributed by atoms with Crippen LogP contribution in [0.25, 0.3) is 0 Å². The van der Waals surface area contributed by atoms with Gasteiger partial charge in [-0.25, -0.2) is 8.42 Å². The first-order chi connectivity index (χ1) is 16.1. The molecular formula is C25H33N3O5S. The zero-order valence-corrected chi connectivity index (χ0v) is 20.9. The molecule has 8 nitrogen and oxygen atoms in total. The Morgan fingerprint density at radius 2 is 2.06 bits per heavy atom. The lowest BCUT2D eigenvalue weighted by Crippen LogP contribution is -2.49. The lowest BCUT2D eigenvalue weighted by molar-refractivity contribution is 0.0730. The van der Waals surface area contributed by atoms with Gasteiger partial charge in [-0.1, -0.05) is 24.8 Å². The van der Waals surface area contributed by atoms with E-state index in [4.69, 9.17) is 4.74 Å². The maximum absolute atomic E-state index is 13.5. The molecule has 2 aromatic rings. The van der Waals surface area contributed by atoms with E-state index in [9.17, 15) is 18.6 Å². The number of pyridine rings is 1. The van der Waals surface area contributed by atoms with Gasteiger partial charge in [0.2, 0.25) is 10.0 Å². The van der Waals surface area contributed by atoms with Gasteiger partial charge in [0.15, 0.2) is 0 Å². The highest BCUT2D eigenvalue weighted by molar-refractivity contribution is 7.89. The predicted octanol–water partition coefficient (Wildman–Crippen LogP) is 1.71. The molecule has 1 aromatic heterocycles. The molecule has 0 amide bonds. The van der Waals surface area contributed by atoms with Crippen LogP contribution in [0.1, 0.15) is 32.0 Å². The number of rotatable bonds is 6. The summed E-state index contributed by atoms with van der Waals surface area (Å²) in [6.45, 7) is 6.30. The summed E-state index contributed by atoms with van der Waals surface area (Å²) in [5.74, 6) is 5.59. The van der Waals surface area contributed by atoms with Crippen molar-refractivity contribution in [3.63, 3.8) is 0 Å². The van der Waals surface area contributed by atoms with Crippen LogP contribution in [-0.4, -0.2) is 77.8 Å². The van der Waals surface area contributed by atoms with Crippen molar-refractivity contribution < 1.29 is 23.4 Å². The third-order valence-corrected chi connectivity index (χ3v) is 7.76. The first-order valence-corrected chi connectivity index (χ1v) is 12.8.